The summed E-state index contributed by atoms with van der Waals surface area (Å²) in [4.78, 5) is 12.2. The van der Waals surface area contributed by atoms with Gasteiger partial charge in [0.2, 0.25) is 0 Å². The standard InChI is InChI=1S/C21H23N2O2/c24-21-15-23(11-5-6-12-23)14-16(25-21)13-22-19-9-3-1-7-17(19)18-8-2-4-10-20(18)22/h1-4,7-10,16H,5-6,11-15H2/q+1. The number of cyclic esters (lactones) is 1. The first-order valence-electron chi connectivity index (χ1n) is 9.25. The molecule has 0 saturated carbocycles. The van der Waals surface area contributed by atoms with Crippen LogP contribution in [0.1, 0.15) is 12.8 Å². The molecule has 1 atom stereocenters. The topological polar surface area (TPSA) is 31.2 Å². The van der Waals surface area contributed by atoms with Gasteiger partial charge in [0.05, 0.1) is 19.6 Å². The largest absolute Gasteiger partial charge is 0.450 e. The van der Waals surface area contributed by atoms with Crippen LogP contribution in [0.5, 0.6) is 0 Å². The minimum Gasteiger partial charge on any atom is -0.450 e. The lowest BCUT2D eigenvalue weighted by Crippen LogP contribution is -2.58. The number of carbonyl (C=O) groups excluding carboxylic acids is 1. The lowest BCUT2D eigenvalue weighted by atomic mass is 10.2. The predicted octanol–water partition coefficient (Wildman–Crippen LogP) is 3.33. The third-order valence-electron chi connectivity index (χ3n) is 5.93. The van der Waals surface area contributed by atoms with Crippen LogP contribution in [0.2, 0.25) is 0 Å². The van der Waals surface area contributed by atoms with Crippen molar-refractivity contribution in [1.82, 2.24) is 4.57 Å². The number of esters is 1. The van der Waals surface area contributed by atoms with Crippen LogP contribution < -0.4 is 0 Å². The van der Waals surface area contributed by atoms with E-state index in [-0.39, 0.29) is 12.1 Å². The van der Waals surface area contributed by atoms with Crippen molar-refractivity contribution in [2.24, 2.45) is 0 Å². The van der Waals surface area contributed by atoms with E-state index in [1.807, 2.05) is 0 Å². The number of nitrogens with zero attached hydrogens (tertiary/aromatic N) is 2. The van der Waals surface area contributed by atoms with E-state index in [0.717, 1.165) is 30.7 Å². The number of hydrogen-bond donors (Lipinski definition) is 0. The summed E-state index contributed by atoms with van der Waals surface area (Å²) >= 11 is 0. The Morgan fingerprint density at radius 1 is 0.960 bits per heavy atom. The molecule has 1 aromatic heterocycles. The van der Waals surface area contributed by atoms with Gasteiger partial charge in [0.15, 0.2) is 12.6 Å². The van der Waals surface area contributed by atoms with Crippen molar-refractivity contribution in [2.45, 2.75) is 25.5 Å². The van der Waals surface area contributed by atoms with Crippen LogP contribution >= 0.6 is 0 Å². The van der Waals surface area contributed by atoms with E-state index in [9.17, 15) is 4.79 Å². The molecule has 25 heavy (non-hydrogen) atoms. The lowest BCUT2D eigenvalue weighted by molar-refractivity contribution is -0.917. The predicted molar refractivity (Wildman–Crippen MR) is 98.3 cm³/mol. The number of rotatable bonds is 2. The van der Waals surface area contributed by atoms with Gasteiger partial charge in [-0.15, -0.1) is 0 Å². The zero-order chi connectivity index (χ0) is 16.9. The number of hydrogen-bond acceptors (Lipinski definition) is 2. The van der Waals surface area contributed by atoms with Gasteiger partial charge >= 0.3 is 5.97 Å². The van der Waals surface area contributed by atoms with Crippen LogP contribution in [0.4, 0.5) is 0 Å². The fourth-order valence-electron chi connectivity index (χ4n) is 4.88. The second-order valence-electron chi connectivity index (χ2n) is 7.59. The molecule has 2 aliphatic heterocycles. The van der Waals surface area contributed by atoms with Gasteiger partial charge in [-0.25, -0.2) is 4.79 Å². The normalized spacial score (nSPS) is 22.7. The molecular weight excluding hydrogens is 312 g/mol. The zero-order valence-corrected chi connectivity index (χ0v) is 14.4. The molecule has 4 nitrogen and oxygen atoms in total. The fourth-order valence-corrected chi connectivity index (χ4v) is 4.88. The van der Waals surface area contributed by atoms with Crippen molar-refractivity contribution in [2.75, 3.05) is 26.2 Å². The molecule has 4 heteroatoms. The molecule has 2 fully saturated rings. The van der Waals surface area contributed by atoms with Gasteiger partial charge in [-0.05, 0) is 12.1 Å². The van der Waals surface area contributed by atoms with Crippen molar-refractivity contribution >= 4 is 27.8 Å². The van der Waals surface area contributed by atoms with Crippen molar-refractivity contribution in [3.8, 4) is 0 Å². The van der Waals surface area contributed by atoms with E-state index in [1.54, 1.807) is 0 Å². The molecule has 128 valence electrons. The molecule has 0 bridgehead atoms. The van der Waals surface area contributed by atoms with Crippen LogP contribution in [0.25, 0.3) is 21.8 Å². The molecule has 1 unspecified atom stereocenters. The molecule has 3 aromatic rings. The first-order chi connectivity index (χ1) is 12.2. The van der Waals surface area contributed by atoms with Gasteiger partial charge in [-0.1, -0.05) is 36.4 Å². The van der Waals surface area contributed by atoms with Crippen LogP contribution in [0.3, 0.4) is 0 Å². The third-order valence-corrected chi connectivity index (χ3v) is 5.93. The van der Waals surface area contributed by atoms with Crippen molar-refractivity contribution in [1.29, 1.82) is 0 Å². The maximum atomic E-state index is 12.2. The Morgan fingerprint density at radius 3 is 2.20 bits per heavy atom. The highest BCUT2D eigenvalue weighted by Gasteiger charge is 2.42. The number of quaternary nitrogens is 1. The highest BCUT2D eigenvalue weighted by Crippen LogP contribution is 2.31. The zero-order valence-electron chi connectivity index (χ0n) is 14.4. The number of ether oxygens (including phenoxy) is 1. The minimum absolute atomic E-state index is 0.0288. The summed E-state index contributed by atoms with van der Waals surface area (Å²) in [5, 5.41) is 2.54. The van der Waals surface area contributed by atoms with E-state index in [0.29, 0.717) is 6.54 Å². The van der Waals surface area contributed by atoms with Crippen LogP contribution in [0, 0.1) is 0 Å². The summed E-state index contributed by atoms with van der Waals surface area (Å²) < 4.78 is 9.03. The van der Waals surface area contributed by atoms with Gasteiger partial charge in [-0.3, -0.25) is 0 Å². The maximum Gasteiger partial charge on any atom is 0.362 e. The molecular formula is C21H23N2O2+. The highest BCUT2D eigenvalue weighted by atomic mass is 16.5. The van der Waals surface area contributed by atoms with E-state index in [1.165, 1.54) is 34.6 Å². The molecule has 2 aromatic carbocycles. The summed E-state index contributed by atoms with van der Waals surface area (Å²) in [5.74, 6) is -0.0288. The van der Waals surface area contributed by atoms with Gasteiger partial charge in [0.1, 0.15) is 6.54 Å². The van der Waals surface area contributed by atoms with Crippen LogP contribution in [-0.2, 0) is 16.1 Å². The van der Waals surface area contributed by atoms with Gasteiger partial charge in [-0.2, -0.15) is 0 Å². The van der Waals surface area contributed by atoms with Gasteiger partial charge in [0.25, 0.3) is 0 Å². The van der Waals surface area contributed by atoms with Crippen LogP contribution in [0.15, 0.2) is 48.5 Å². The van der Waals surface area contributed by atoms with E-state index in [4.69, 9.17) is 4.74 Å². The third kappa shape index (κ3) is 2.44. The Kier molecular flexibility index (Phi) is 3.35. The number of aromatic nitrogens is 1. The Hall–Kier alpha value is -2.33. The quantitative estimate of drug-likeness (QED) is 0.531. The Labute approximate surface area is 147 Å². The number of para-hydroxylation sites is 2. The second kappa shape index (κ2) is 5.60. The second-order valence-corrected chi connectivity index (χ2v) is 7.59. The van der Waals surface area contributed by atoms with Gasteiger partial charge in [0, 0.05) is 34.6 Å². The maximum absolute atomic E-state index is 12.2. The Bertz CT molecular complexity index is 900. The van der Waals surface area contributed by atoms with Gasteiger partial charge < -0.3 is 13.8 Å². The number of morpholine rings is 1. The molecule has 3 heterocycles. The number of benzene rings is 2. The van der Waals surface area contributed by atoms with E-state index >= 15 is 0 Å². The number of carbonyl (C=O) groups is 1. The first kappa shape index (κ1) is 15.0. The molecule has 5 rings (SSSR count). The summed E-state index contributed by atoms with van der Waals surface area (Å²) in [6.07, 6.45) is 2.42. The van der Waals surface area contributed by atoms with E-state index in [2.05, 4.69) is 53.1 Å². The Balaban J connectivity index is 1.56. The molecule has 0 amide bonds. The summed E-state index contributed by atoms with van der Waals surface area (Å²) in [6.45, 7) is 4.49. The summed E-state index contributed by atoms with van der Waals surface area (Å²) in [7, 11) is 0. The molecule has 0 aliphatic carbocycles. The molecule has 2 aliphatic rings. The van der Waals surface area contributed by atoms with Crippen molar-refractivity contribution in [3.05, 3.63) is 48.5 Å². The van der Waals surface area contributed by atoms with Crippen molar-refractivity contribution < 1.29 is 14.0 Å². The monoisotopic (exact) mass is 335 g/mol. The highest BCUT2D eigenvalue weighted by molar-refractivity contribution is 6.07. The average Bonchev–Trinajstić information content (AvgIpc) is 3.18. The SMILES string of the molecule is O=C1C[N+]2(CCCC2)CC(Cn2c3ccccc3c3ccccc32)O1. The molecule has 0 N–H and O–H groups in total. The summed E-state index contributed by atoms with van der Waals surface area (Å²) in [6, 6.07) is 17.0. The van der Waals surface area contributed by atoms with Crippen molar-refractivity contribution in [3.63, 3.8) is 0 Å². The number of fused-ring (bicyclic) bond motifs is 3. The average molecular weight is 335 g/mol. The molecule has 1 spiro atoms. The van der Waals surface area contributed by atoms with Crippen LogP contribution in [-0.4, -0.2) is 47.3 Å². The van der Waals surface area contributed by atoms with E-state index < -0.39 is 0 Å². The fraction of sp³-hybridized carbons (Fsp3) is 0.381. The first-order valence-corrected chi connectivity index (χ1v) is 9.25. The molecule has 2 saturated heterocycles. The summed E-state index contributed by atoms with van der Waals surface area (Å²) in [5.41, 5.74) is 2.44. The Morgan fingerprint density at radius 2 is 1.56 bits per heavy atom. The smallest absolute Gasteiger partial charge is 0.362 e. The minimum atomic E-state index is -0.0430. The molecule has 0 radical (unpaired) electrons. The lowest BCUT2D eigenvalue weighted by Gasteiger charge is -2.40.